The number of rotatable bonds is 8. The summed E-state index contributed by atoms with van der Waals surface area (Å²) in [5.41, 5.74) is 1.12. The summed E-state index contributed by atoms with van der Waals surface area (Å²) < 4.78 is 11.2. The van der Waals surface area contributed by atoms with Crippen LogP contribution in [0.3, 0.4) is 0 Å². The van der Waals surface area contributed by atoms with Crippen LogP contribution in [0.25, 0.3) is 0 Å². The van der Waals surface area contributed by atoms with Crippen LogP contribution in [0.1, 0.15) is 22.4 Å². The molecule has 3 rings (SSSR count). The number of aromatic nitrogens is 2. The van der Waals surface area contributed by atoms with Gasteiger partial charge >= 0.3 is 0 Å². The average Bonchev–Trinajstić information content (AvgIpc) is 3.03. The van der Waals surface area contributed by atoms with Crippen LogP contribution in [-0.2, 0) is 13.1 Å². The van der Waals surface area contributed by atoms with Crippen molar-refractivity contribution in [1.29, 1.82) is 0 Å². The van der Waals surface area contributed by atoms with Gasteiger partial charge in [-0.05, 0) is 49.7 Å². The lowest BCUT2D eigenvalue weighted by atomic mass is 10.2. The summed E-state index contributed by atoms with van der Waals surface area (Å²) in [5, 5.41) is 4.50. The van der Waals surface area contributed by atoms with Gasteiger partial charge in [0, 0.05) is 36.4 Å². The maximum atomic E-state index is 5.82. The second-order valence-corrected chi connectivity index (χ2v) is 6.78. The number of benzene rings is 1. The molecule has 1 aromatic carbocycles. The van der Waals surface area contributed by atoms with E-state index in [9.17, 15) is 0 Å². The Balaban J connectivity index is 1.55. The molecule has 0 amide bonds. The molecular formula is C19H21N3O2S. The summed E-state index contributed by atoms with van der Waals surface area (Å²) in [6, 6.07) is 11.5. The summed E-state index contributed by atoms with van der Waals surface area (Å²) >= 11 is 1.71. The van der Waals surface area contributed by atoms with Crippen molar-refractivity contribution in [3.8, 4) is 17.4 Å². The van der Waals surface area contributed by atoms with Crippen molar-refractivity contribution >= 4 is 11.3 Å². The Kier molecular flexibility index (Phi) is 5.98. The zero-order chi connectivity index (χ0) is 17.5. The summed E-state index contributed by atoms with van der Waals surface area (Å²) in [6.07, 6.45) is 3.68. The van der Waals surface area contributed by atoms with Crippen LogP contribution in [0.4, 0.5) is 0 Å². The fourth-order valence-corrected chi connectivity index (χ4v) is 3.09. The van der Waals surface area contributed by atoms with E-state index < -0.39 is 0 Å². The minimum atomic E-state index is 0.581. The Hall–Kier alpha value is -2.44. The van der Waals surface area contributed by atoms with E-state index in [0.717, 1.165) is 35.2 Å². The minimum absolute atomic E-state index is 0.581. The SMILES string of the molecule is CCOc1ccc(Oc2cc(CNCc3cnc(C)s3)ccn2)cc1. The molecule has 6 heteroatoms. The first-order valence-electron chi connectivity index (χ1n) is 8.20. The number of nitrogens with zero attached hydrogens (tertiary/aromatic N) is 2. The second-order valence-electron chi connectivity index (χ2n) is 5.46. The molecule has 25 heavy (non-hydrogen) atoms. The molecule has 0 saturated heterocycles. The van der Waals surface area contributed by atoms with Gasteiger partial charge in [0.1, 0.15) is 11.5 Å². The van der Waals surface area contributed by atoms with E-state index in [-0.39, 0.29) is 0 Å². The third-order valence-corrected chi connectivity index (χ3v) is 4.37. The predicted octanol–water partition coefficient (Wildman–Crippen LogP) is 4.33. The number of hydrogen-bond acceptors (Lipinski definition) is 6. The lowest BCUT2D eigenvalue weighted by Crippen LogP contribution is -2.11. The van der Waals surface area contributed by atoms with Crippen LogP contribution >= 0.6 is 11.3 Å². The van der Waals surface area contributed by atoms with Crippen molar-refractivity contribution in [2.45, 2.75) is 26.9 Å². The molecular weight excluding hydrogens is 334 g/mol. The zero-order valence-electron chi connectivity index (χ0n) is 14.4. The molecule has 0 bridgehead atoms. The average molecular weight is 355 g/mol. The fourth-order valence-electron chi connectivity index (χ4n) is 2.32. The number of pyridine rings is 1. The highest BCUT2D eigenvalue weighted by Gasteiger charge is 2.03. The number of nitrogens with one attached hydrogen (secondary N) is 1. The van der Waals surface area contributed by atoms with Crippen LogP contribution in [0, 0.1) is 6.92 Å². The largest absolute Gasteiger partial charge is 0.494 e. The molecule has 2 heterocycles. The van der Waals surface area contributed by atoms with Crippen LogP contribution in [-0.4, -0.2) is 16.6 Å². The Morgan fingerprint density at radius 3 is 2.56 bits per heavy atom. The fraction of sp³-hybridized carbons (Fsp3) is 0.263. The van der Waals surface area contributed by atoms with Gasteiger partial charge in [-0.15, -0.1) is 11.3 Å². The van der Waals surface area contributed by atoms with Crippen LogP contribution < -0.4 is 14.8 Å². The zero-order valence-corrected chi connectivity index (χ0v) is 15.2. The van der Waals surface area contributed by atoms with Gasteiger partial charge in [-0.3, -0.25) is 0 Å². The number of ether oxygens (including phenoxy) is 2. The molecule has 5 nitrogen and oxygen atoms in total. The van der Waals surface area contributed by atoms with Crippen molar-refractivity contribution in [3.05, 3.63) is 64.2 Å². The first-order valence-corrected chi connectivity index (χ1v) is 9.02. The number of hydrogen-bond donors (Lipinski definition) is 1. The van der Waals surface area contributed by atoms with Crippen molar-refractivity contribution in [2.24, 2.45) is 0 Å². The van der Waals surface area contributed by atoms with Crippen molar-refractivity contribution in [1.82, 2.24) is 15.3 Å². The van der Waals surface area contributed by atoms with Gasteiger partial charge < -0.3 is 14.8 Å². The third kappa shape index (κ3) is 5.27. The van der Waals surface area contributed by atoms with Crippen molar-refractivity contribution in [2.75, 3.05) is 6.61 Å². The monoisotopic (exact) mass is 355 g/mol. The Morgan fingerprint density at radius 2 is 1.84 bits per heavy atom. The molecule has 0 saturated carbocycles. The van der Waals surface area contributed by atoms with E-state index >= 15 is 0 Å². The highest BCUT2D eigenvalue weighted by molar-refractivity contribution is 7.11. The summed E-state index contributed by atoms with van der Waals surface area (Å²) in [6.45, 7) is 6.19. The van der Waals surface area contributed by atoms with E-state index in [1.807, 2.05) is 56.4 Å². The van der Waals surface area contributed by atoms with E-state index in [2.05, 4.69) is 15.3 Å². The standard InChI is InChI=1S/C19H21N3O2S/c1-3-23-16-4-6-17(7-5-16)24-19-10-15(8-9-21-19)11-20-12-18-13-22-14(2)25-18/h4-10,13,20H,3,11-12H2,1-2H3. The van der Waals surface area contributed by atoms with Crippen molar-refractivity contribution < 1.29 is 9.47 Å². The van der Waals surface area contributed by atoms with E-state index in [1.54, 1.807) is 17.5 Å². The molecule has 0 atom stereocenters. The molecule has 0 spiro atoms. The predicted molar refractivity (Wildman–Crippen MR) is 99.3 cm³/mol. The first-order chi connectivity index (χ1) is 12.2. The summed E-state index contributed by atoms with van der Waals surface area (Å²) in [4.78, 5) is 9.77. The first kappa shape index (κ1) is 17.4. The number of thiazole rings is 1. The Labute approximate surface area is 151 Å². The van der Waals surface area contributed by atoms with Gasteiger partial charge in [0.25, 0.3) is 0 Å². The summed E-state index contributed by atoms with van der Waals surface area (Å²) in [5.74, 6) is 2.15. The molecule has 130 valence electrons. The van der Waals surface area contributed by atoms with Gasteiger partial charge in [0.05, 0.1) is 11.6 Å². The van der Waals surface area contributed by atoms with Gasteiger partial charge in [-0.25, -0.2) is 9.97 Å². The maximum absolute atomic E-state index is 5.82. The molecule has 0 aliphatic heterocycles. The molecule has 0 radical (unpaired) electrons. The molecule has 1 N–H and O–H groups in total. The third-order valence-electron chi connectivity index (χ3n) is 3.45. The Morgan fingerprint density at radius 1 is 1.04 bits per heavy atom. The highest BCUT2D eigenvalue weighted by Crippen LogP contribution is 2.23. The van der Waals surface area contributed by atoms with Crippen LogP contribution in [0.15, 0.2) is 48.8 Å². The normalized spacial score (nSPS) is 10.6. The van der Waals surface area contributed by atoms with E-state index in [1.165, 1.54) is 4.88 Å². The molecule has 0 aliphatic rings. The Bertz CT molecular complexity index is 802. The summed E-state index contributed by atoms with van der Waals surface area (Å²) in [7, 11) is 0. The van der Waals surface area contributed by atoms with Crippen LogP contribution in [0.2, 0.25) is 0 Å². The van der Waals surface area contributed by atoms with Crippen LogP contribution in [0.5, 0.6) is 17.4 Å². The van der Waals surface area contributed by atoms with Crippen molar-refractivity contribution in [3.63, 3.8) is 0 Å². The lowest BCUT2D eigenvalue weighted by Gasteiger charge is -2.08. The highest BCUT2D eigenvalue weighted by atomic mass is 32.1. The maximum Gasteiger partial charge on any atom is 0.219 e. The molecule has 3 aromatic rings. The van der Waals surface area contributed by atoms with E-state index in [4.69, 9.17) is 9.47 Å². The van der Waals surface area contributed by atoms with E-state index in [0.29, 0.717) is 12.5 Å². The topological polar surface area (TPSA) is 56.3 Å². The van der Waals surface area contributed by atoms with Gasteiger partial charge in [-0.1, -0.05) is 0 Å². The van der Waals surface area contributed by atoms with Gasteiger partial charge in [0.2, 0.25) is 5.88 Å². The molecule has 0 fully saturated rings. The molecule has 0 unspecified atom stereocenters. The quantitative estimate of drug-likeness (QED) is 0.652. The second kappa shape index (κ2) is 8.60. The van der Waals surface area contributed by atoms with Gasteiger partial charge in [0.15, 0.2) is 0 Å². The lowest BCUT2D eigenvalue weighted by molar-refractivity contribution is 0.339. The minimum Gasteiger partial charge on any atom is -0.494 e. The number of aryl methyl sites for hydroxylation is 1. The molecule has 0 aliphatic carbocycles. The smallest absolute Gasteiger partial charge is 0.219 e. The molecule has 2 aromatic heterocycles. The van der Waals surface area contributed by atoms with Gasteiger partial charge in [-0.2, -0.15) is 0 Å².